The van der Waals surface area contributed by atoms with Gasteiger partial charge in [0.25, 0.3) is 11.8 Å². The van der Waals surface area contributed by atoms with Gasteiger partial charge in [-0.2, -0.15) is 5.10 Å². The van der Waals surface area contributed by atoms with E-state index >= 15 is 0 Å². The normalized spacial score (nSPS) is 14.0. The van der Waals surface area contributed by atoms with E-state index in [1.807, 2.05) is 20.9 Å². The molecular formula is C22H25N5O4. The first kappa shape index (κ1) is 20.8. The van der Waals surface area contributed by atoms with E-state index in [1.54, 1.807) is 39.9 Å². The molecule has 9 nitrogen and oxygen atoms in total. The molecule has 1 aliphatic heterocycles. The molecule has 0 spiro atoms. The zero-order valence-corrected chi connectivity index (χ0v) is 17.8. The number of carbonyl (C=O) groups is 2. The molecule has 0 aliphatic carbocycles. The fourth-order valence-electron chi connectivity index (χ4n) is 3.63. The molecule has 0 atom stereocenters. The minimum Gasteiger partial charge on any atom is -0.484 e. The number of hydrogen-bond acceptors (Lipinski definition) is 6. The lowest BCUT2D eigenvalue weighted by atomic mass is 10.1. The van der Waals surface area contributed by atoms with Crippen LogP contribution in [-0.2, 0) is 16.6 Å². The van der Waals surface area contributed by atoms with E-state index in [-0.39, 0.29) is 18.4 Å². The number of pyridine rings is 1. The van der Waals surface area contributed by atoms with E-state index in [4.69, 9.17) is 9.47 Å². The zero-order valence-electron chi connectivity index (χ0n) is 17.8. The molecule has 0 saturated carbocycles. The Morgan fingerprint density at radius 2 is 1.87 bits per heavy atom. The van der Waals surface area contributed by atoms with Crippen LogP contribution >= 0.6 is 0 Å². The summed E-state index contributed by atoms with van der Waals surface area (Å²) in [5.41, 5.74) is 3.33. The Morgan fingerprint density at radius 1 is 1.16 bits per heavy atom. The molecule has 1 N–H and O–H groups in total. The summed E-state index contributed by atoms with van der Waals surface area (Å²) in [5, 5.41) is 8.03. The molecule has 1 aliphatic rings. The first-order valence-electron chi connectivity index (χ1n) is 10.1. The van der Waals surface area contributed by atoms with Crippen LogP contribution in [-0.4, -0.2) is 64.4 Å². The smallest absolute Gasteiger partial charge is 0.260 e. The first-order valence-corrected chi connectivity index (χ1v) is 10.1. The zero-order chi connectivity index (χ0) is 22.0. The highest BCUT2D eigenvalue weighted by Crippen LogP contribution is 2.23. The van der Waals surface area contributed by atoms with Crippen molar-refractivity contribution in [2.45, 2.75) is 13.8 Å². The topological polar surface area (TPSA) is 98.6 Å². The maximum absolute atomic E-state index is 12.9. The molecule has 3 heterocycles. The van der Waals surface area contributed by atoms with Crippen LogP contribution in [0, 0.1) is 13.8 Å². The van der Waals surface area contributed by atoms with Gasteiger partial charge in [0, 0.05) is 31.5 Å². The largest absolute Gasteiger partial charge is 0.484 e. The number of rotatable bonds is 5. The summed E-state index contributed by atoms with van der Waals surface area (Å²) in [7, 11) is 1.81. The average molecular weight is 423 g/mol. The van der Waals surface area contributed by atoms with Crippen molar-refractivity contribution in [3.8, 4) is 5.75 Å². The Hall–Kier alpha value is -3.46. The molecule has 0 unspecified atom stereocenters. The van der Waals surface area contributed by atoms with Crippen LogP contribution in [0.5, 0.6) is 5.75 Å². The molecule has 4 rings (SSSR count). The van der Waals surface area contributed by atoms with E-state index in [0.717, 1.165) is 16.8 Å². The number of aryl methyl sites for hydroxylation is 3. The predicted molar refractivity (Wildman–Crippen MR) is 115 cm³/mol. The number of fused-ring (bicyclic) bond motifs is 1. The number of aromatic nitrogens is 3. The highest BCUT2D eigenvalue weighted by Gasteiger charge is 2.19. The maximum atomic E-state index is 12.9. The van der Waals surface area contributed by atoms with E-state index < -0.39 is 0 Å². The van der Waals surface area contributed by atoms with Gasteiger partial charge in [0.2, 0.25) is 0 Å². The molecule has 1 aromatic carbocycles. The summed E-state index contributed by atoms with van der Waals surface area (Å²) >= 11 is 0. The van der Waals surface area contributed by atoms with Gasteiger partial charge >= 0.3 is 0 Å². The molecule has 31 heavy (non-hydrogen) atoms. The molecule has 1 saturated heterocycles. The predicted octanol–water partition coefficient (Wildman–Crippen LogP) is 2.08. The number of nitrogens with zero attached hydrogens (tertiary/aromatic N) is 4. The van der Waals surface area contributed by atoms with E-state index in [1.165, 1.54) is 0 Å². The Balaban J connectivity index is 1.42. The van der Waals surface area contributed by atoms with Crippen LogP contribution in [0.4, 0.5) is 5.69 Å². The van der Waals surface area contributed by atoms with E-state index in [9.17, 15) is 9.59 Å². The molecule has 9 heteroatoms. The second-order valence-corrected chi connectivity index (χ2v) is 7.48. The third-order valence-corrected chi connectivity index (χ3v) is 5.18. The van der Waals surface area contributed by atoms with Gasteiger partial charge in [0.1, 0.15) is 5.75 Å². The number of amides is 2. The Morgan fingerprint density at radius 3 is 2.58 bits per heavy atom. The lowest BCUT2D eigenvalue weighted by Crippen LogP contribution is -2.42. The van der Waals surface area contributed by atoms with Gasteiger partial charge in [-0.1, -0.05) is 0 Å². The molecule has 2 aromatic heterocycles. The molecular weight excluding hydrogens is 398 g/mol. The van der Waals surface area contributed by atoms with Gasteiger partial charge in [0.15, 0.2) is 12.3 Å². The summed E-state index contributed by atoms with van der Waals surface area (Å²) in [4.78, 5) is 31.4. The van der Waals surface area contributed by atoms with Crippen molar-refractivity contribution < 1.29 is 19.1 Å². The van der Waals surface area contributed by atoms with Crippen molar-refractivity contribution in [2.75, 3.05) is 38.2 Å². The molecule has 0 radical (unpaired) electrons. The number of benzene rings is 1. The second-order valence-electron chi connectivity index (χ2n) is 7.48. The number of hydrogen-bond donors (Lipinski definition) is 1. The summed E-state index contributed by atoms with van der Waals surface area (Å²) in [6.07, 6.45) is 0. The molecule has 162 valence electrons. The second kappa shape index (κ2) is 8.73. The number of morpholine rings is 1. The highest BCUT2D eigenvalue weighted by molar-refractivity contribution is 6.12. The Labute approximate surface area is 180 Å². The van der Waals surface area contributed by atoms with Gasteiger partial charge in [-0.15, -0.1) is 0 Å². The summed E-state index contributed by atoms with van der Waals surface area (Å²) < 4.78 is 12.5. The van der Waals surface area contributed by atoms with Crippen LogP contribution < -0.4 is 10.1 Å². The molecule has 3 aromatic rings. The monoisotopic (exact) mass is 423 g/mol. The van der Waals surface area contributed by atoms with Crippen molar-refractivity contribution >= 4 is 28.5 Å². The fourth-order valence-corrected chi connectivity index (χ4v) is 3.63. The van der Waals surface area contributed by atoms with Gasteiger partial charge in [-0.25, -0.2) is 4.98 Å². The Bertz CT molecular complexity index is 1120. The number of ether oxygens (including phenoxy) is 2. The van der Waals surface area contributed by atoms with Crippen molar-refractivity contribution in [3.05, 3.63) is 47.3 Å². The van der Waals surface area contributed by atoms with Gasteiger partial charge in [0.05, 0.1) is 29.9 Å². The van der Waals surface area contributed by atoms with Crippen molar-refractivity contribution in [1.82, 2.24) is 19.7 Å². The summed E-state index contributed by atoms with van der Waals surface area (Å²) in [5.74, 6) is 0.261. The van der Waals surface area contributed by atoms with Crippen LogP contribution in [0.3, 0.4) is 0 Å². The Kier molecular flexibility index (Phi) is 5.85. The SMILES string of the molecule is Cc1cc(C(=O)Nc2ccc(OCC(=O)N3CCOCC3)cc2)c2c(C)nn(C)c2n1. The van der Waals surface area contributed by atoms with Crippen LogP contribution in [0.2, 0.25) is 0 Å². The van der Waals surface area contributed by atoms with Gasteiger partial charge in [-0.3, -0.25) is 14.3 Å². The maximum Gasteiger partial charge on any atom is 0.260 e. The van der Waals surface area contributed by atoms with Crippen LogP contribution in [0.15, 0.2) is 30.3 Å². The summed E-state index contributed by atoms with van der Waals surface area (Å²) in [6, 6.07) is 8.71. The van der Waals surface area contributed by atoms with Crippen LogP contribution in [0.25, 0.3) is 11.0 Å². The number of carbonyl (C=O) groups excluding carboxylic acids is 2. The lowest BCUT2D eigenvalue weighted by molar-refractivity contribution is -0.137. The minimum absolute atomic E-state index is 0.0275. The molecule has 2 amide bonds. The highest BCUT2D eigenvalue weighted by atomic mass is 16.5. The minimum atomic E-state index is -0.234. The number of anilines is 1. The summed E-state index contributed by atoms with van der Waals surface area (Å²) in [6.45, 7) is 5.98. The third kappa shape index (κ3) is 4.51. The van der Waals surface area contributed by atoms with Crippen LogP contribution in [0.1, 0.15) is 21.7 Å². The standard InChI is InChI=1S/C22H25N5O4/c1-14-12-18(20-15(2)25-26(3)21(20)23-14)22(29)24-16-4-6-17(7-5-16)31-13-19(28)27-8-10-30-11-9-27/h4-7,12H,8-11,13H2,1-3H3,(H,24,29). The van der Waals surface area contributed by atoms with E-state index in [2.05, 4.69) is 15.4 Å². The average Bonchev–Trinajstić information content (AvgIpc) is 3.06. The lowest BCUT2D eigenvalue weighted by Gasteiger charge is -2.26. The number of nitrogens with one attached hydrogen (secondary N) is 1. The third-order valence-electron chi connectivity index (χ3n) is 5.18. The first-order chi connectivity index (χ1) is 14.9. The van der Waals surface area contributed by atoms with Crippen molar-refractivity contribution in [3.63, 3.8) is 0 Å². The molecule has 0 bridgehead atoms. The van der Waals surface area contributed by atoms with Gasteiger partial charge in [-0.05, 0) is 44.2 Å². The quantitative estimate of drug-likeness (QED) is 0.675. The van der Waals surface area contributed by atoms with Gasteiger partial charge < -0.3 is 19.7 Å². The molecule has 1 fully saturated rings. The van der Waals surface area contributed by atoms with Crippen molar-refractivity contribution in [2.24, 2.45) is 7.05 Å². The van der Waals surface area contributed by atoms with Crippen molar-refractivity contribution in [1.29, 1.82) is 0 Å². The fraction of sp³-hybridized carbons (Fsp3) is 0.364. The van der Waals surface area contributed by atoms with E-state index in [0.29, 0.717) is 49.0 Å².